The van der Waals surface area contributed by atoms with Crippen LogP contribution >= 0.6 is 0 Å². The minimum atomic E-state index is -0.488. The van der Waals surface area contributed by atoms with Crippen LogP contribution in [-0.2, 0) is 20.9 Å². The van der Waals surface area contributed by atoms with E-state index in [1.165, 1.54) is 0 Å². The number of carbonyl (C=O) groups excluding carboxylic acids is 2. The zero-order valence-corrected chi connectivity index (χ0v) is 13.0. The highest BCUT2D eigenvalue weighted by Gasteiger charge is 2.08. The molecule has 2 aromatic carbocycles. The molecule has 0 aliphatic heterocycles. The van der Waals surface area contributed by atoms with Crippen LogP contribution in [0.2, 0.25) is 0 Å². The Balaban J connectivity index is 1.66. The second-order valence-corrected chi connectivity index (χ2v) is 4.98. The number of carbonyl (C=O) groups is 2. The van der Waals surface area contributed by atoms with Crippen LogP contribution in [0.3, 0.4) is 0 Å². The van der Waals surface area contributed by atoms with Gasteiger partial charge in [-0.15, -0.1) is 0 Å². The molecule has 0 aromatic heterocycles. The summed E-state index contributed by atoms with van der Waals surface area (Å²) in [6, 6.07) is 16.8. The van der Waals surface area contributed by atoms with Crippen LogP contribution in [0.4, 0.5) is 0 Å². The summed E-state index contributed by atoms with van der Waals surface area (Å²) >= 11 is 0. The summed E-state index contributed by atoms with van der Waals surface area (Å²) in [4.78, 5) is 23.2. The molecule has 2 rings (SSSR count). The van der Waals surface area contributed by atoms with Gasteiger partial charge in [-0.1, -0.05) is 48.5 Å². The monoisotopic (exact) mass is 313 g/mol. The zero-order chi connectivity index (χ0) is 16.5. The molecule has 0 fully saturated rings. The fourth-order valence-corrected chi connectivity index (χ4v) is 1.87. The lowest BCUT2D eigenvalue weighted by Gasteiger charge is -2.09. The number of hydrogen-bond donors (Lipinski definition) is 1. The number of esters is 1. The maximum atomic E-state index is 11.7. The summed E-state index contributed by atoms with van der Waals surface area (Å²) < 4.78 is 10.5. The molecule has 0 spiro atoms. The summed E-state index contributed by atoms with van der Waals surface area (Å²) in [6.45, 7) is 1.77. The van der Waals surface area contributed by atoms with Crippen molar-refractivity contribution in [2.24, 2.45) is 0 Å². The quantitative estimate of drug-likeness (QED) is 0.796. The van der Waals surface area contributed by atoms with Gasteiger partial charge in [0.2, 0.25) is 0 Å². The molecule has 0 saturated heterocycles. The number of para-hydroxylation sites is 1. The lowest BCUT2D eigenvalue weighted by molar-refractivity contribution is -0.145. The summed E-state index contributed by atoms with van der Waals surface area (Å²) in [6.07, 6.45) is 0. The standard InChI is InChI=1S/C18H19NO4/c1-14-7-5-6-10-16(14)22-13-17(20)19-11-18(21)23-12-15-8-3-2-4-9-15/h2-10H,11-13H2,1H3,(H,19,20). The van der Waals surface area contributed by atoms with E-state index in [0.717, 1.165) is 11.1 Å². The van der Waals surface area contributed by atoms with Gasteiger partial charge in [0.05, 0.1) is 0 Å². The molecular formula is C18H19NO4. The maximum absolute atomic E-state index is 11.7. The molecule has 0 aliphatic carbocycles. The number of ether oxygens (including phenoxy) is 2. The number of amides is 1. The predicted molar refractivity (Wildman–Crippen MR) is 85.9 cm³/mol. The van der Waals surface area contributed by atoms with Crippen molar-refractivity contribution in [2.75, 3.05) is 13.2 Å². The van der Waals surface area contributed by atoms with Crippen LogP contribution in [0.25, 0.3) is 0 Å². The smallest absolute Gasteiger partial charge is 0.325 e. The van der Waals surface area contributed by atoms with Gasteiger partial charge in [-0.3, -0.25) is 9.59 Å². The van der Waals surface area contributed by atoms with E-state index in [1.54, 1.807) is 6.07 Å². The van der Waals surface area contributed by atoms with Crippen molar-refractivity contribution in [3.8, 4) is 5.75 Å². The maximum Gasteiger partial charge on any atom is 0.325 e. The van der Waals surface area contributed by atoms with Crippen LogP contribution < -0.4 is 10.1 Å². The van der Waals surface area contributed by atoms with Crippen molar-refractivity contribution in [3.05, 3.63) is 65.7 Å². The first-order chi connectivity index (χ1) is 11.1. The van der Waals surface area contributed by atoms with Crippen molar-refractivity contribution >= 4 is 11.9 Å². The third kappa shape index (κ3) is 5.82. The van der Waals surface area contributed by atoms with Crippen LogP contribution in [0.15, 0.2) is 54.6 Å². The topological polar surface area (TPSA) is 64.6 Å². The molecule has 120 valence electrons. The second kappa shape index (κ2) is 8.58. The molecule has 0 atom stereocenters. The summed E-state index contributed by atoms with van der Waals surface area (Å²) in [5.41, 5.74) is 1.85. The average Bonchev–Trinajstić information content (AvgIpc) is 2.58. The molecule has 0 unspecified atom stereocenters. The van der Waals surface area contributed by atoms with E-state index < -0.39 is 5.97 Å². The number of rotatable bonds is 7. The van der Waals surface area contributed by atoms with E-state index in [9.17, 15) is 9.59 Å². The van der Waals surface area contributed by atoms with Crippen molar-refractivity contribution in [2.45, 2.75) is 13.5 Å². The Kier molecular flexibility index (Phi) is 6.17. The van der Waals surface area contributed by atoms with Crippen LogP contribution in [0.5, 0.6) is 5.75 Å². The molecule has 0 saturated carbocycles. The van der Waals surface area contributed by atoms with Gasteiger partial charge < -0.3 is 14.8 Å². The summed E-state index contributed by atoms with van der Waals surface area (Å²) in [5.74, 6) is -0.211. The first-order valence-electron chi connectivity index (χ1n) is 7.30. The Morgan fingerprint density at radius 1 is 1.00 bits per heavy atom. The minimum Gasteiger partial charge on any atom is -0.484 e. The van der Waals surface area contributed by atoms with Gasteiger partial charge in [-0.25, -0.2) is 0 Å². The fourth-order valence-electron chi connectivity index (χ4n) is 1.87. The molecule has 5 heteroatoms. The van der Waals surface area contributed by atoms with Crippen LogP contribution in [-0.4, -0.2) is 25.0 Å². The van der Waals surface area contributed by atoms with Crippen molar-refractivity contribution in [1.29, 1.82) is 0 Å². The number of benzene rings is 2. The van der Waals surface area contributed by atoms with Crippen molar-refractivity contribution < 1.29 is 19.1 Å². The molecule has 1 N–H and O–H groups in total. The van der Waals surface area contributed by atoms with Gasteiger partial charge in [0.25, 0.3) is 5.91 Å². The first kappa shape index (κ1) is 16.5. The molecule has 1 amide bonds. The van der Waals surface area contributed by atoms with Gasteiger partial charge in [0.15, 0.2) is 6.61 Å². The van der Waals surface area contributed by atoms with E-state index >= 15 is 0 Å². The third-order valence-electron chi connectivity index (χ3n) is 3.12. The van der Waals surface area contributed by atoms with Crippen LogP contribution in [0, 0.1) is 6.92 Å². The van der Waals surface area contributed by atoms with Crippen molar-refractivity contribution in [1.82, 2.24) is 5.32 Å². The molecule has 0 heterocycles. The van der Waals surface area contributed by atoms with Crippen molar-refractivity contribution in [3.63, 3.8) is 0 Å². The summed E-state index contributed by atoms with van der Waals surface area (Å²) in [5, 5.41) is 2.47. The predicted octanol–water partition coefficient (Wildman–Crippen LogP) is 2.23. The Hall–Kier alpha value is -2.82. The zero-order valence-electron chi connectivity index (χ0n) is 13.0. The Morgan fingerprint density at radius 3 is 2.43 bits per heavy atom. The molecule has 2 aromatic rings. The molecule has 0 aliphatic rings. The second-order valence-electron chi connectivity index (χ2n) is 4.98. The SMILES string of the molecule is Cc1ccccc1OCC(=O)NCC(=O)OCc1ccccc1. The number of aryl methyl sites for hydroxylation is 1. The van der Waals surface area contributed by atoms with Gasteiger partial charge in [-0.05, 0) is 24.1 Å². The Morgan fingerprint density at radius 2 is 1.70 bits per heavy atom. The molecule has 0 radical (unpaired) electrons. The van der Waals surface area contributed by atoms with Crippen LogP contribution in [0.1, 0.15) is 11.1 Å². The molecular weight excluding hydrogens is 294 g/mol. The lowest BCUT2D eigenvalue weighted by Crippen LogP contribution is -2.34. The minimum absolute atomic E-state index is 0.142. The third-order valence-corrected chi connectivity index (χ3v) is 3.12. The van der Waals surface area contributed by atoms with E-state index in [4.69, 9.17) is 9.47 Å². The average molecular weight is 313 g/mol. The highest BCUT2D eigenvalue weighted by atomic mass is 16.5. The van der Waals surface area contributed by atoms with E-state index in [-0.39, 0.29) is 25.7 Å². The number of hydrogen-bond acceptors (Lipinski definition) is 4. The van der Waals surface area contributed by atoms with Gasteiger partial charge in [0, 0.05) is 0 Å². The van der Waals surface area contributed by atoms with Gasteiger partial charge in [-0.2, -0.15) is 0 Å². The highest BCUT2D eigenvalue weighted by Crippen LogP contribution is 2.15. The van der Waals surface area contributed by atoms with E-state index in [1.807, 2.05) is 55.5 Å². The fraction of sp³-hybridized carbons (Fsp3) is 0.222. The lowest BCUT2D eigenvalue weighted by atomic mass is 10.2. The summed E-state index contributed by atoms with van der Waals surface area (Å²) in [7, 11) is 0. The van der Waals surface area contributed by atoms with E-state index in [2.05, 4.69) is 5.32 Å². The Labute approximate surface area is 135 Å². The first-order valence-corrected chi connectivity index (χ1v) is 7.30. The molecule has 5 nitrogen and oxygen atoms in total. The normalized spacial score (nSPS) is 9.96. The molecule has 23 heavy (non-hydrogen) atoms. The number of nitrogens with one attached hydrogen (secondary N) is 1. The highest BCUT2D eigenvalue weighted by molar-refractivity contribution is 5.82. The molecule has 0 bridgehead atoms. The van der Waals surface area contributed by atoms with Gasteiger partial charge >= 0.3 is 5.97 Å². The van der Waals surface area contributed by atoms with Gasteiger partial charge in [0.1, 0.15) is 18.9 Å². The Bertz CT molecular complexity index is 655. The van der Waals surface area contributed by atoms with E-state index in [0.29, 0.717) is 5.75 Å². The largest absolute Gasteiger partial charge is 0.484 e.